The molecule has 0 heterocycles. The van der Waals surface area contributed by atoms with Crippen LogP contribution in [0.2, 0.25) is 0 Å². The number of ether oxygens (including phenoxy) is 1. The third kappa shape index (κ3) is 6.14. The maximum atomic E-state index is 12.8. The third-order valence-corrected chi connectivity index (χ3v) is 7.30. The van der Waals surface area contributed by atoms with E-state index in [0.29, 0.717) is 12.8 Å². The number of carbonyl (C=O) groups is 2. The van der Waals surface area contributed by atoms with Crippen LogP contribution in [0.1, 0.15) is 24.8 Å². The lowest BCUT2D eigenvalue weighted by Gasteiger charge is -2.31. The van der Waals surface area contributed by atoms with Crippen molar-refractivity contribution in [3.8, 4) is 0 Å². The first-order valence-corrected chi connectivity index (χ1v) is 11.8. The van der Waals surface area contributed by atoms with Crippen molar-refractivity contribution in [2.45, 2.75) is 36.8 Å². The summed E-state index contributed by atoms with van der Waals surface area (Å²) < 4.78 is 31.6. The number of rotatable bonds is 6. The van der Waals surface area contributed by atoms with Gasteiger partial charge in [-0.05, 0) is 36.2 Å². The minimum atomic E-state index is -3.59. The Bertz CT molecular complexity index is 960. The highest BCUT2D eigenvalue weighted by molar-refractivity contribution is 9.10. The number of Topliss-reactive ketones (excluding diaryl/α,β-unsaturated/α-hetero) is 1. The van der Waals surface area contributed by atoms with Crippen molar-refractivity contribution in [2.24, 2.45) is 5.92 Å². The maximum absolute atomic E-state index is 12.8. The summed E-state index contributed by atoms with van der Waals surface area (Å²) >= 11 is 3.29. The van der Waals surface area contributed by atoms with Crippen molar-refractivity contribution in [1.82, 2.24) is 5.32 Å². The molecule has 1 saturated carbocycles. The Morgan fingerprint density at radius 2 is 1.79 bits per heavy atom. The Labute approximate surface area is 178 Å². The molecular weight excluding hydrogens is 458 g/mol. The number of hydrogen-bond donors (Lipinski definition) is 1. The second-order valence-corrected chi connectivity index (χ2v) is 10.0. The monoisotopic (exact) mass is 479 g/mol. The molecule has 0 aliphatic heterocycles. The lowest BCUT2D eigenvalue weighted by atomic mass is 9.85. The molecule has 0 bridgehead atoms. The Hall–Kier alpha value is -2.19. The van der Waals surface area contributed by atoms with E-state index in [-0.39, 0.29) is 29.5 Å². The number of hydrogen-bond acceptors (Lipinski definition) is 5. The highest BCUT2D eigenvalue weighted by Gasteiger charge is 2.34. The molecular formula is C21H22BrNO5S. The summed E-state index contributed by atoms with van der Waals surface area (Å²) in [5.41, 5.74) is 0.857. The molecule has 1 aliphatic rings. The highest BCUT2D eigenvalue weighted by atomic mass is 79.9. The maximum Gasteiger partial charge on any atom is 0.407 e. The summed E-state index contributed by atoms with van der Waals surface area (Å²) in [5, 5.41) is 2.76. The van der Waals surface area contributed by atoms with Crippen LogP contribution < -0.4 is 5.32 Å². The predicted octanol–water partition coefficient (Wildman–Crippen LogP) is 3.89. The zero-order valence-electron chi connectivity index (χ0n) is 15.7. The molecule has 1 N–H and O–H groups in total. The summed E-state index contributed by atoms with van der Waals surface area (Å²) in [6, 6.07) is 15.2. The smallest absolute Gasteiger partial charge is 0.407 e. The largest absolute Gasteiger partial charge is 0.445 e. The molecule has 154 valence electrons. The van der Waals surface area contributed by atoms with E-state index in [9.17, 15) is 18.0 Å². The van der Waals surface area contributed by atoms with Gasteiger partial charge in [-0.1, -0.05) is 46.3 Å². The molecule has 1 aliphatic carbocycles. The molecule has 0 aromatic heterocycles. The number of nitrogens with one attached hydrogen (secondary N) is 1. The summed E-state index contributed by atoms with van der Waals surface area (Å²) in [5.74, 6) is -0.685. The zero-order chi connectivity index (χ0) is 20.9. The van der Waals surface area contributed by atoms with Crippen molar-refractivity contribution >= 4 is 37.6 Å². The first-order chi connectivity index (χ1) is 13.8. The summed E-state index contributed by atoms with van der Waals surface area (Å²) in [7, 11) is -3.59. The number of carbonyl (C=O) groups excluding carboxylic acids is 2. The molecule has 1 fully saturated rings. The zero-order valence-corrected chi connectivity index (χ0v) is 18.1. The number of ketones is 1. The van der Waals surface area contributed by atoms with Gasteiger partial charge in [0.2, 0.25) is 0 Å². The summed E-state index contributed by atoms with van der Waals surface area (Å²) in [6.07, 6.45) is 0.233. The molecule has 1 amide bonds. The van der Waals surface area contributed by atoms with Gasteiger partial charge in [0.05, 0.1) is 10.6 Å². The first kappa shape index (κ1) is 21.5. The van der Waals surface area contributed by atoms with Crippen LogP contribution in [-0.4, -0.2) is 32.1 Å². The fourth-order valence-corrected chi connectivity index (χ4v) is 5.31. The van der Waals surface area contributed by atoms with E-state index in [2.05, 4.69) is 21.2 Å². The van der Waals surface area contributed by atoms with E-state index in [1.54, 1.807) is 12.1 Å². The minimum absolute atomic E-state index is 0.0108. The third-order valence-electron chi connectivity index (χ3n) is 4.92. The van der Waals surface area contributed by atoms with Gasteiger partial charge in [-0.2, -0.15) is 0 Å². The van der Waals surface area contributed by atoms with Crippen LogP contribution in [0.15, 0.2) is 64.0 Å². The fraction of sp³-hybridized carbons (Fsp3) is 0.333. The van der Waals surface area contributed by atoms with Crippen molar-refractivity contribution in [3.05, 3.63) is 64.6 Å². The molecule has 2 unspecified atom stereocenters. The molecule has 0 spiro atoms. The summed E-state index contributed by atoms with van der Waals surface area (Å²) in [6.45, 7) is 0.125. The summed E-state index contributed by atoms with van der Waals surface area (Å²) in [4.78, 5) is 24.3. The Morgan fingerprint density at radius 1 is 1.10 bits per heavy atom. The molecule has 6 nitrogen and oxygen atoms in total. The lowest BCUT2D eigenvalue weighted by molar-refractivity contribution is -0.121. The van der Waals surface area contributed by atoms with E-state index in [4.69, 9.17) is 4.74 Å². The number of benzene rings is 2. The van der Waals surface area contributed by atoms with E-state index in [1.165, 1.54) is 12.1 Å². The number of amides is 1. The van der Waals surface area contributed by atoms with E-state index in [1.807, 2.05) is 30.3 Å². The van der Waals surface area contributed by atoms with Gasteiger partial charge in [-0.15, -0.1) is 0 Å². The Kier molecular flexibility index (Phi) is 7.08. The van der Waals surface area contributed by atoms with Crippen LogP contribution >= 0.6 is 15.9 Å². The van der Waals surface area contributed by atoms with Gasteiger partial charge in [0.1, 0.15) is 12.4 Å². The fourth-order valence-electron chi connectivity index (χ4n) is 3.39. The van der Waals surface area contributed by atoms with Crippen molar-refractivity contribution in [3.63, 3.8) is 0 Å². The Morgan fingerprint density at radius 3 is 2.48 bits per heavy atom. The van der Waals surface area contributed by atoms with E-state index >= 15 is 0 Å². The van der Waals surface area contributed by atoms with Crippen molar-refractivity contribution < 1.29 is 22.7 Å². The number of sulfone groups is 1. The molecule has 29 heavy (non-hydrogen) atoms. The number of alkyl carbamates (subject to hydrolysis) is 1. The van der Waals surface area contributed by atoms with Crippen LogP contribution in [0, 0.1) is 5.92 Å². The molecule has 3 rings (SSSR count). The highest BCUT2D eigenvalue weighted by Crippen LogP contribution is 2.27. The second kappa shape index (κ2) is 9.54. The molecule has 2 aromatic rings. The van der Waals surface area contributed by atoms with Gasteiger partial charge >= 0.3 is 6.09 Å². The average molecular weight is 480 g/mol. The SMILES string of the molecule is O=C1CCC(NC(=O)OCc2ccccc2)C(CS(=O)(=O)c2ccc(Br)cc2)C1. The van der Waals surface area contributed by atoms with Gasteiger partial charge in [-0.25, -0.2) is 13.2 Å². The van der Waals surface area contributed by atoms with Crippen LogP contribution in [-0.2, 0) is 26.0 Å². The van der Waals surface area contributed by atoms with Gasteiger partial charge < -0.3 is 10.1 Å². The van der Waals surface area contributed by atoms with Crippen molar-refractivity contribution in [2.75, 3.05) is 5.75 Å². The van der Waals surface area contributed by atoms with Gasteiger partial charge in [0, 0.05) is 29.3 Å². The normalized spacial score (nSPS) is 19.6. The molecule has 2 atom stereocenters. The average Bonchev–Trinajstić information content (AvgIpc) is 2.69. The van der Waals surface area contributed by atoms with Gasteiger partial charge in [-0.3, -0.25) is 4.79 Å². The van der Waals surface area contributed by atoms with Gasteiger partial charge in [0.25, 0.3) is 0 Å². The second-order valence-electron chi connectivity index (χ2n) is 7.09. The quantitative estimate of drug-likeness (QED) is 0.678. The Balaban J connectivity index is 1.64. The first-order valence-electron chi connectivity index (χ1n) is 9.31. The molecule has 0 radical (unpaired) electrons. The number of halogens is 1. The van der Waals surface area contributed by atoms with Crippen LogP contribution in [0.3, 0.4) is 0 Å². The van der Waals surface area contributed by atoms with Crippen LogP contribution in [0.5, 0.6) is 0 Å². The van der Waals surface area contributed by atoms with Crippen LogP contribution in [0.25, 0.3) is 0 Å². The standard InChI is InChI=1S/C21H22BrNO5S/c22-17-6-9-19(10-7-17)29(26,27)14-16-12-18(24)8-11-20(16)23-21(25)28-13-15-4-2-1-3-5-15/h1-7,9-10,16,20H,8,11-14H2,(H,23,25). The van der Waals surface area contributed by atoms with E-state index in [0.717, 1.165) is 10.0 Å². The van der Waals surface area contributed by atoms with E-state index < -0.39 is 27.9 Å². The topological polar surface area (TPSA) is 89.5 Å². The predicted molar refractivity (Wildman–Crippen MR) is 112 cm³/mol. The van der Waals surface area contributed by atoms with Crippen LogP contribution in [0.4, 0.5) is 4.79 Å². The molecule has 8 heteroatoms. The van der Waals surface area contributed by atoms with Gasteiger partial charge in [0.15, 0.2) is 9.84 Å². The lowest BCUT2D eigenvalue weighted by Crippen LogP contribution is -2.46. The van der Waals surface area contributed by atoms with Crippen molar-refractivity contribution in [1.29, 1.82) is 0 Å². The minimum Gasteiger partial charge on any atom is -0.445 e. The molecule has 0 saturated heterocycles. The molecule has 2 aromatic carbocycles.